The summed E-state index contributed by atoms with van der Waals surface area (Å²) in [5.41, 5.74) is 6.29. The van der Waals surface area contributed by atoms with Gasteiger partial charge in [0.25, 0.3) is 0 Å². The Balaban J connectivity index is 1.60. The van der Waals surface area contributed by atoms with Crippen molar-refractivity contribution in [3.63, 3.8) is 0 Å². The molecule has 0 spiro atoms. The second kappa shape index (κ2) is 5.49. The van der Waals surface area contributed by atoms with Crippen LogP contribution < -0.4 is 11.1 Å². The SMILES string of the molecule is Nc1cc(F)ccc1NC(=O)CN1CCn2cnnc2C1. The molecule has 110 valence electrons. The molecule has 3 N–H and O–H groups in total. The number of hydrogen-bond donors (Lipinski definition) is 2. The number of nitrogens with two attached hydrogens (primary N) is 1. The van der Waals surface area contributed by atoms with E-state index < -0.39 is 5.82 Å². The van der Waals surface area contributed by atoms with Gasteiger partial charge in [-0.15, -0.1) is 10.2 Å². The summed E-state index contributed by atoms with van der Waals surface area (Å²) >= 11 is 0. The number of benzene rings is 1. The first-order chi connectivity index (χ1) is 10.1. The van der Waals surface area contributed by atoms with Crippen LogP contribution in [0.3, 0.4) is 0 Å². The Kier molecular flexibility index (Phi) is 3.53. The lowest BCUT2D eigenvalue weighted by molar-refractivity contribution is -0.117. The average Bonchev–Trinajstić information content (AvgIpc) is 2.89. The zero-order valence-electron chi connectivity index (χ0n) is 11.3. The molecule has 2 heterocycles. The lowest BCUT2D eigenvalue weighted by Crippen LogP contribution is -2.39. The first kappa shape index (κ1) is 13.5. The van der Waals surface area contributed by atoms with Crippen LogP contribution in [0.1, 0.15) is 5.82 Å². The van der Waals surface area contributed by atoms with Crippen LogP contribution in [0.15, 0.2) is 24.5 Å². The first-order valence-electron chi connectivity index (χ1n) is 6.56. The van der Waals surface area contributed by atoms with Gasteiger partial charge in [0.1, 0.15) is 18.0 Å². The van der Waals surface area contributed by atoms with Crippen LogP contribution in [0.4, 0.5) is 15.8 Å². The molecule has 0 saturated carbocycles. The van der Waals surface area contributed by atoms with Gasteiger partial charge in [-0.05, 0) is 18.2 Å². The van der Waals surface area contributed by atoms with Crippen LogP contribution in [-0.2, 0) is 17.9 Å². The minimum absolute atomic E-state index is 0.193. The number of carbonyl (C=O) groups excluding carboxylic acids is 1. The Labute approximate surface area is 120 Å². The highest BCUT2D eigenvalue weighted by molar-refractivity contribution is 5.95. The third-order valence-corrected chi connectivity index (χ3v) is 3.37. The fourth-order valence-electron chi connectivity index (χ4n) is 2.29. The number of halogens is 1. The average molecular weight is 290 g/mol. The maximum absolute atomic E-state index is 13.0. The minimum atomic E-state index is -0.430. The van der Waals surface area contributed by atoms with E-state index in [1.54, 1.807) is 6.33 Å². The third-order valence-electron chi connectivity index (χ3n) is 3.37. The molecule has 0 saturated heterocycles. The summed E-state index contributed by atoms with van der Waals surface area (Å²) in [6.45, 7) is 2.31. The zero-order chi connectivity index (χ0) is 14.8. The van der Waals surface area contributed by atoms with Gasteiger partial charge < -0.3 is 15.6 Å². The van der Waals surface area contributed by atoms with Crippen molar-refractivity contribution in [1.82, 2.24) is 19.7 Å². The summed E-state index contributed by atoms with van der Waals surface area (Å²) in [5.74, 6) is 0.220. The molecular formula is C13H15FN6O. The Bertz CT molecular complexity index is 670. The fourth-order valence-corrected chi connectivity index (χ4v) is 2.29. The molecule has 21 heavy (non-hydrogen) atoms. The van der Waals surface area contributed by atoms with Gasteiger partial charge in [-0.2, -0.15) is 0 Å². The molecule has 0 fully saturated rings. The van der Waals surface area contributed by atoms with E-state index in [0.717, 1.165) is 18.9 Å². The molecule has 8 heteroatoms. The van der Waals surface area contributed by atoms with Crippen molar-refractivity contribution < 1.29 is 9.18 Å². The van der Waals surface area contributed by atoms with Gasteiger partial charge in [-0.3, -0.25) is 9.69 Å². The van der Waals surface area contributed by atoms with Crippen LogP contribution in [0.25, 0.3) is 0 Å². The molecule has 1 amide bonds. The van der Waals surface area contributed by atoms with Crippen molar-refractivity contribution in [2.75, 3.05) is 24.1 Å². The van der Waals surface area contributed by atoms with Crippen LogP contribution >= 0.6 is 0 Å². The van der Waals surface area contributed by atoms with Crippen molar-refractivity contribution in [1.29, 1.82) is 0 Å². The van der Waals surface area contributed by atoms with Crippen LogP contribution in [-0.4, -0.2) is 38.7 Å². The summed E-state index contributed by atoms with van der Waals surface area (Å²) in [7, 11) is 0. The van der Waals surface area contributed by atoms with Gasteiger partial charge in [0.15, 0.2) is 0 Å². The lowest BCUT2D eigenvalue weighted by Gasteiger charge is -2.26. The second-order valence-electron chi connectivity index (χ2n) is 4.93. The molecule has 7 nitrogen and oxygen atoms in total. The number of anilines is 2. The Morgan fingerprint density at radius 2 is 2.29 bits per heavy atom. The summed E-state index contributed by atoms with van der Waals surface area (Å²) in [4.78, 5) is 14.0. The molecule has 1 aliphatic heterocycles. The van der Waals surface area contributed by atoms with E-state index in [-0.39, 0.29) is 18.1 Å². The number of nitrogen functional groups attached to an aromatic ring is 1. The van der Waals surface area contributed by atoms with Crippen molar-refractivity contribution in [2.45, 2.75) is 13.1 Å². The zero-order valence-corrected chi connectivity index (χ0v) is 11.3. The summed E-state index contributed by atoms with van der Waals surface area (Å²) in [6.07, 6.45) is 1.69. The highest BCUT2D eigenvalue weighted by atomic mass is 19.1. The highest BCUT2D eigenvalue weighted by Gasteiger charge is 2.19. The Morgan fingerprint density at radius 1 is 1.43 bits per heavy atom. The smallest absolute Gasteiger partial charge is 0.238 e. The van der Waals surface area contributed by atoms with Gasteiger partial charge in [0, 0.05) is 13.1 Å². The number of rotatable bonds is 3. The molecule has 0 radical (unpaired) electrons. The second-order valence-corrected chi connectivity index (χ2v) is 4.93. The molecule has 0 atom stereocenters. The van der Waals surface area contributed by atoms with E-state index in [2.05, 4.69) is 15.5 Å². The maximum Gasteiger partial charge on any atom is 0.238 e. The van der Waals surface area contributed by atoms with E-state index in [0.29, 0.717) is 12.2 Å². The number of nitrogens with one attached hydrogen (secondary N) is 1. The number of fused-ring (bicyclic) bond motifs is 1. The van der Waals surface area contributed by atoms with Crippen molar-refractivity contribution >= 4 is 17.3 Å². The number of nitrogens with zero attached hydrogens (tertiary/aromatic N) is 4. The van der Waals surface area contributed by atoms with Crippen molar-refractivity contribution in [2.24, 2.45) is 0 Å². The predicted octanol–water partition coefficient (Wildman–Crippen LogP) is 0.454. The summed E-state index contributed by atoms with van der Waals surface area (Å²) in [6, 6.07) is 3.89. The highest BCUT2D eigenvalue weighted by Crippen LogP contribution is 2.19. The first-order valence-corrected chi connectivity index (χ1v) is 6.56. The summed E-state index contributed by atoms with van der Waals surface area (Å²) in [5, 5.41) is 10.5. The molecule has 0 aliphatic carbocycles. The van der Waals surface area contributed by atoms with E-state index in [4.69, 9.17) is 5.73 Å². The third kappa shape index (κ3) is 3.00. The molecule has 0 unspecified atom stereocenters. The topological polar surface area (TPSA) is 89.1 Å². The van der Waals surface area contributed by atoms with Crippen molar-refractivity contribution in [3.8, 4) is 0 Å². The number of hydrogen-bond acceptors (Lipinski definition) is 5. The van der Waals surface area contributed by atoms with Gasteiger partial charge >= 0.3 is 0 Å². The van der Waals surface area contributed by atoms with Crippen LogP contribution in [0.5, 0.6) is 0 Å². The Morgan fingerprint density at radius 3 is 3.10 bits per heavy atom. The normalized spacial score (nSPS) is 14.7. The van der Waals surface area contributed by atoms with Crippen LogP contribution in [0.2, 0.25) is 0 Å². The number of carbonyl (C=O) groups is 1. The molecule has 1 aromatic heterocycles. The van der Waals surface area contributed by atoms with E-state index >= 15 is 0 Å². The van der Waals surface area contributed by atoms with E-state index in [9.17, 15) is 9.18 Å². The van der Waals surface area contributed by atoms with Crippen molar-refractivity contribution in [3.05, 3.63) is 36.2 Å². The molecule has 3 rings (SSSR count). The van der Waals surface area contributed by atoms with E-state index in [1.807, 2.05) is 9.47 Å². The Hall–Kier alpha value is -2.48. The van der Waals surface area contributed by atoms with E-state index in [1.165, 1.54) is 18.2 Å². The molecular weight excluding hydrogens is 275 g/mol. The molecule has 2 aromatic rings. The predicted molar refractivity (Wildman–Crippen MR) is 74.7 cm³/mol. The minimum Gasteiger partial charge on any atom is -0.397 e. The molecule has 1 aromatic carbocycles. The molecule has 1 aliphatic rings. The van der Waals surface area contributed by atoms with Gasteiger partial charge in [0.05, 0.1) is 24.5 Å². The maximum atomic E-state index is 13.0. The van der Waals surface area contributed by atoms with Gasteiger partial charge in [-0.25, -0.2) is 4.39 Å². The summed E-state index contributed by atoms with van der Waals surface area (Å²) < 4.78 is 14.9. The quantitative estimate of drug-likeness (QED) is 0.801. The largest absolute Gasteiger partial charge is 0.397 e. The number of aromatic nitrogens is 3. The standard InChI is InChI=1S/C13H15FN6O/c14-9-1-2-11(10(15)5-9)17-13(21)7-19-3-4-20-8-16-18-12(20)6-19/h1-2,5,8H,3-4,6-7,15H2,(H,17,21). The van der Waals surface area contributed by atoms with Gasteiger partial charge in [0.2, 0.25) is 5.91 Å². The van der Waals surface area contributed by atoms with Gasteiger partial charge in [-0.1, -0.05) is 0 Å². The van der Waals surface area contributed by atoms with Crippen LogP contribution in [0, 0.1) is 5.82 Å². The number of amides is 1. The monoisotopic (exact) mass is 290 g/mol. The fraction of sp³-hybridized carbons (Fsp3) is 0.308. The molecule has 0 bridgehead atoms. The lowest BCUT2D eigenvalue weighted by atomic mass is 10.2.